The number of nitrogens with one attached hydrogen (secondary N) is 4. The minimum atomic E-state index is -1.60. The van der Waals surface area contributed by atoms with E-state index >= 15 is 0 Å². The van der Waals surface area contributed by atoms with Crippen LogP contribution in [-0.2, 0) is 19.1 Å². The Bertz CT molecular complexity index is 1530. The van der Waals surface area contributed by atoms with Gasteiger partial charge in [-0.05, 0) is 25.0 Å². The summed E-state index contributed by atoms with van der Waals surface area (Å²) in [5.74, 6) is -0.972. The molecular weight excluding hydrogens is 686 g/mol. The molecule has 1 fully saturated rings. The standard InChI is InChI=1S/C37H55N7O9/c45-22-26(46)33-29(31(49)32(50)36(53-33)44-35-30-34(40-23-39-30)41-24-42-35)43-28(48)21-38-27(47)19-15-10-8-6-4-2-1-3-5-7-9-11-16-20-52-37(51)25-17-13-12-14-18-25/h12-14,17-18,23-24,26,29,31-33,36,45-46,49-50H,1-11,15-16,19-22H2,(H,38,47)(H,43,48)(H2,39,40,41,42,44)/t26-,29+,31+,32+,33-,36-/m0/s1. The summed E-state index contributed by atoms with van der Waals surface area (Å²) in [5, 5.41) is 49.7. The first-order valence-electron chi connectivity index (χ1n) is 18.8. The number of amides is 2. The molecule has 16 nitrogen and oxygen atoms in total. The second-order valence-corrected chi connectivity index (χ2v) is 13.4. The highest BCUT2D eigenvalue weighted by Gasteiger charge is 2.48. The van der Waals surface area contributed by atoms with Gasteiger partial charge in [0.05, 0.1) is 37.7 Å². The van der Waals surface area contributed by atoms with Crippen LogP contribution in [0.1, 0.15) is 100 Å². The van der Waals surface area contributed by atoms with Gasteiger partial charge in [0.15, 0.2) is 17.7 Å². The first kappa shape index (κ1) is 41.5. The van der Waals surface area contributed by atoms with E-state index < -0.39 is 49.2 Å². The Hall–Kier alpha value is -4.22. The number of rotatable bonds is 24. The summed E-state index contributed by atoms with van der Waals surface area (Å²) < 4.78 is 11.1. The van der Waals surface area contributed by atoms with Gasteiger partial charge in [-0.2, -0.15) is 0 Å². The number of aromatic nitrogens is 4. The molecule has 1 saturated heterocycles. The van der Waals surface area contributed by atoms with E-state index in [1.807, 2.05) is 18.2 Å². The van der Waals surface area contributed by atoms with Crippen LogP contribution in [0.2, 0.25) is 0 Å². The number of H-pyrrole nitrogens is 1. The smallest absolute Gasteiger partial charge is 0.338 e. The van der Waals surface area contributed by atoms with Gasteiger partial charge in [0.1, 0.15) is 36.3 Å². The normalized spacial score (nSPS) is 20.5. The number of nitrogens with zero attached hydrogens (tertiary/aromatic N) is 3. The number of aromatic amines is 1. The molecule has 0 bridgehead atoms. The Balaban J connectivity index is 0.999. The zero-order valence-electron chi connectivity index (χ0n) is 30.2. The second-order valence-electron chi connectivity index (χ2n) is 13.4. The number of hydrogen-bond acceptors (Lipinski definition) is 13. The number of aliphatic hydroxyl groups is 4. The maximum absolute atomic E-state index is 12.7. The average molecular weight is 742 g/mol. The van der Waals surface area contributed by atoms with Crippen molar-refractivity contribution in [3.05, 3.63) is 48.5 Å². The van der Waals surface area contributed by atoms with Crippen LogP contribution in [0.15, 0.2) is 43.0 Å². The lowest BCUT2D eigenvalue weighted by Gasteiger charge is -2.44. The number of imidazole rings is 1. The van der Waals surface area contributed by atoms with Crippen LogP contribution >= 0.6 is 0 Å². The van der Waals surface area contributed by atoms with Crippen molar-refractivity contribution in [2.24, 2.45) is 0 Å². The van der Waals surface area contributed by atoms with E-state index in [0.29, 0.717) is 29.8 Å². The monoisotopic (exact) mass is 741 g/mol. The first-order valence-corrected chi connectivity index (χ1v) is 18.8. The molecule has 2 aromatic heterocycles. The number of esters is 1. The van der Waals surface area contributed by atoms with Gasteiger partial charge in [-0.25, -0.2) is 19.7 Å². The van der Waals surface area contributed by atoms with Crippen LogP contribution in [0.3, 0.4) is 0 Å². The lowest BCUT2D eigenvalue weighted by molar-refractivity contribution is -0.204. The van der Waals surface area contributed by atoms with Gasteiger partial charge >= 0.3 is 5.97 Å². The minimum Gasteiger partial charge on any atom is -0.462 e. The molecule has 2 amide bonds. The molecule has 1 aliphatic heterocycles. The summed E-state index contributed by atoms with van der Waals surface area (Å²) in [6, 6.07) is 7.76. The van der Waals surface area contributed by atoms with Gasteiger partial charge in [-0.15, -0.1) is 0 Å². The van der Waals surface area contributed by atoms with Crippen LogP contribution in [0.4, 0.5) is 5.82 Å². The summed E-state index contributed by atoms with van der Waals surface area (Å²) in [5.41, 5.74) is 1.37. The molecule has 3 aromatic rings. The maximum atomic E-state index is 12.7. The molecule has 16 heteroatoms. The number of benzene rings is 1. The predicted molar refractivity (Wildman–Crippen MR) is 195 cm³/mol. The molecule has 0 spiro atoms. The SMILES string of the molecule is O=C(CCCCCCCCCCCCCCCOC(=O)c1ccccc1)NCC(=O)N[C@@H]1[C@@H](O)[C@@H](O)[C@@H](Nc2ncnc3nc[nH]c23)O[C@H]1[C@@H](O)CO. The van der Waals surface area contributed by atoms with Crippen molar-refractivity contribution in [3.8, 4) is 0 Å². The van der Waals surface area contributed by atoms with Gasteiger partial charge in [0, 0.05) is 6.42 Å². The number of carbonyl (C=O) groups excluding carboxylic acids is 3. The number of carbonyl (C=O) groups is 3. The number of fused-ring (bicyclic) bond motifs is 1. The molecule has 0 aliphatic carbocycles. The van der Waals surface area contributed by atoms with E-state index in [4.69, 9.17) is 9.47 Å². The Morgan fingerprint density at radius 3 is 2.13 bits per heavy atom. The maximum Gasteiger partial charge on any atom is 0.338 e. The topological polar surface area (TPSA) is 241 Å². The Labute approximate surface area is 309 Å². The molecule has 6 atom stereocenters. The molecule has 1 aromatic carbocycles. The van der Waals surface area contributed by atoms with Gasteiger partial charge in [0.25, 0.3) is 0 Å². The van der Waals surface area contributed by atoms with Gasteiger partial charge in [0.2, 0.25) is 11.8 Å². The number of unbranched alkanes of at least 4 members (excludes halogenated alkanes) is 12. The van der Waals surface area contributed by atoms with Crippen molar-refractivity contribution in [3.63, 3.8) is 0 Å². The third kappa shape index (κ3) is 13.6. The number of aliphatic hydroxyl groups excluding tert-OH is 4. The third-order valence-corrected chi connectivity index (χ3v) is 9.32. The minimum absolute atomic E-state index is 0.221. The van der Waals surface area contributed by atoms with Gasteiger partial charge in [-0.3, -0.25) is 9.59 Å². The fraction of sp³-hybridized carbons (Fsp3) is 0.622. The summed E-state index contributed by atoms with van der Waals surface area (Å²) in [6.07, 6.45) is 9.80. The largest absolute Gasteiger partial charge is 0.462 e. The van der Waals surface area contributed by atoms with Crippen molar-refractivity contribution in [1.29, 1.82) is 0 Å². The molecule has 53 heavy (non-hydrogen) atoms. The van der Waals surface area contributed by atoms with E-state index in [9.17, 15) is 34.8 Å². The Morgan fingerprint density at radius 1 is 0.830 bits per heavy atom. The highest BCUT2D eigenvalue weighted by molar-refractivity contribution is 5.89. The van der Waals surface area contributed by atoms with Crippen LogP contribution < -0.4 is 16.0 Å². The highest BCUT2D eigenvalue weighted by atomic mass is 16.5. The Kier molecular flexibility index (Phi) is 17.8. The fourth-order valence-corrected chi connectivity index (χ4v) is 6.31. The average Bonchev–Trinajstić information content (AvgIpc) is 3.67. The van der Waals surface area contributed by atoms with E-state index in [0.717, 1.165) is 38.5 Å². The quantitative estimate of drug-likeness (QED) is 0.0487. The molecule has 292 valence electrons. The van der Waals surface area contributed by atoms with Gasteiger partial charge in [-0.1, -0.05) is 88.8 Å². The zero-order chi connectivity index (χ0) is 37.8. The summed E-state index contributed by atoms with van der Waals surface area (Å²) in [7, 11) is 0. The second kappa shape index (κ2) is 22.8. The summed E-state index contributed by atoms with van der Waals surface area (Å²) in [6.45, 7) is -0.639. The molecule has 1 aliphatic rings. The molecule has 0 radical (unpaired) electrons. The summed E-state index contributed by atoms with van der Waals surface area (Å²) >= 11 is 0. The number of hydrogen-bond donors (Lipinski definition) is 8. The molecule has 0 unspecified atom stereocenters. The van der Waals surface area contributed by atoms with Crippen molar-refractivity contribution in [2.75, 3.05) is 25.1 Å². The zero-order valence-corrected chi connectivity index (χ0v) is 30.2. The van der Waals surface area contributed by atoms with Crippen LogP contribution in [0.25, 0.3) is 11.2 Å². The van der Waals surface area contributed by atoms with E-state index in [2.05, 4.69) is 35.9 Å². The van der Waals surface area contributed by atoms with Crippen LogP contribution in [0, 0.1) is 0 Å². The predicted octanol–water partition coefficient (Wildman–Crippen LogP) is 2.48. The molecule has 4 rings (SSSR count). The van der Waals surface area contributed by atoms with Gasteiger partial charge < -0.3 is 50.8 Å². The first-order chi connectivity index (χ1) is 25.8. The molecule has 8 N–H and O–H groups in total. The summed E-state index contributed by atoms with van der Waals surface area (Å²) in [4.78, 5) is 52.0. The molecular formula is C37H55N7O9. The highest BCUT2D eigenvalue weighted by Crippen LogP contribution is 2.26. The van der Waals surface area contributed by atoms with Crippen LogP contribution in [-0.4, -0.2) is 115 Å². The Morgan fingerprint density at radius 2 is 1.47 bits per heavy atom. The van der Waals surface area contributed by atoms with E-state index in [1.165, 1.54) is 51.2 Å². The molecule has 3 heterocycles. The van der Waals surface area contributed by atoms with Crippen molar-refractivity contribution in [1.82, 2.24) is 30.6 Å². The van der Waals surface area contributed by atoms with Crippen LogP contribution in [0.5, 0.6) is 0 Å². The number of anilines is 1. The van der Waals surface area contributed by atoms with Crippen molar-refractivity contribution >= 4 is 34.8 Å². The fourth-order valence-electron chi connectivity index (χ4n) is 6.31. The lowest BCUT2D eigenvalue weighted by Crippen LogP contribution is -2.68. The van der Waals surface area contributed by atoms with Crippen molar-refractivity contribution in [2.45, 2.75) is 127 Å². The number of ether oxygens (including phenoxy) is 2. The molecule has 0 saturated carbocycles. The van der Waals surface area contributed by atoms with E-state index in [-0.39, 0.29) is 30.7 Å². The van der Waals surface area contributed by atoms with E-state index in [1.54, 1.807) is 12.1 Å². The van der Waals surface area contributed by atoms with Crippen molar-refractivity contribution < 1.29 is 44.3 Å². The lowest BCUT2D eigenvalue weighted by atomic mass is 9.92. The third-order valence-electron chi connectivity index (χ3n) is 9.32.